The Morgan fingerprint density at radius 2 is 2.10 bits per heavy atom. The van der Waals surface area contributed by atoms with Gasteiger partial charge in [-0.25, -0.2) is 9.18 Å². The number of piperidine rings is 1. The Bertz CT molecular complexity index is 1180. The fourth-order valence-electron chi connectivity index (χ4n) is 3.79. The molecule has 1 atom stereocenters. The van der Waals surface area contributed by atoms with Crippen LogP contribution in [0.4, 0.5) is 4.39 Å². The first kappa shape index (κ1) is 20.7. The summed E-state index contributed by atoms with van der Waals surface area (Å²) in [6.07, 6.45) is 3.82. The molecule has 2 aromatic heterocycles. The number of H-pyrrole nitrogens is 1. The van der Waals surface area contributed by atoms with Crippen LogP contribution in [0.25, 0.3) is 11.4 Å². The Morgan fingerprint density at radius 3 is 2.90 bits per heavy atom. The van der Waals surface area contributed by atoms with E-state index < -0.39 is 17.1 Å². The van der Waals surface area contributed by atoms with Crippen LogP contribution in [0, 0.1) is 11.7 Å². The molecule has 4 rings (SSSR count). The van der Waals surface area contributed by atoms with E-state index in [0.717, 1.165) is 12.8 Å². The number of halogens is 1. The average Bonchev–Trinajstić information content (AvgIpc) is 3.21. The van der Waals surface area contributed by atoms with E-state index in [1.54, 1.807) is 23.1 Å². The summed E-state index contributed by atoms with van der Waals surface area (Å²) in [5, 5.41) is 3.88. The lowest BCUT2D eigenvalue weighted by Gasteiger charge is -2.32. The zero-order valence-electron chi connectivity index (χ0n) is 16.8. The first-order valence-electron chi connectivity index (χ1n) is 10.1. The van der Waals surface area contributed by atoms with Crippen LogP contribution in [-0.2, 0) is 17.8 Å². The minimum Gasteiger partial charge on any atom is -0.342 e. The van der Waals surface area contributed by atoms with Crippen LogP contribution in [0.1, 0.15) is 25.2 Å². The monoisotopic (exact) mass is 427 g/mol. The molecule has 1 N–H and O–H groups in total. The Hall–Kier alpha value is -3.56. The van der Waals surface area contributed by atoms with Crippen molar-refractivity contribution in [3.05, 3.63) is 69.1 Å². The van der Waals surface area contributed by atoms with Crippen molar-refractivity contribution in [1.29, 1.82) is 0 Å². The van der Waals surface area contributed by atoms with Gasteiger partial charge < -0.3 is 14.0 Å². The number of likely N-dealkylation sites (tertiary alicyclic amines) is 1. The van der Waals surface area contributed by atoms with Gasteiger partial charge in [0.05, 0.1) is 5.56 Å². The van der Waals surface area contributed by atoms with Crippen LogP contribution in [0.15, 0.2) is 50.6 Å². The van der Waals surface area contributed by atoms with Crippen LogP contribution < -0.4 is 11.2 Å². The van der Waals surface area contributed by atoms with Gasteiger partial charge in [-0.1, -0.05) is 17.3 Å². The summed E-state index contributed by atoms with van der Waals surface area (Å²) < 4.78 is 20.5. The molecule has 0 saturated carbocycles. The van der Waals surface area contributed by atoms with Crippen molar-refractivity contribution in [2.24, 2.45) is 5.92 Å². The molecular formula is C21H22FN5O4. The lowest BCUT2D eigenvalue weighted by molar-refractivity contribution is -0.133. The zero-order chi connectivity index (χ0) is 21.8. The minimum atomic E-state index is -0.529. The number of aromatic amines is 1. The number of amides is 1. The van der Waals surface area contributed by atoms with Crippen molar-refractivity contribution in [3.63, 3.8) is 0 Å². The van der Waals surface area contributed by atoms with E-state index in [-0.39, 0.29) is 36.2 Å². The number of aryl methyl sites for hydroxylation is 1. The maximum Gasteiger partial charge on any atom is 0.328 e. The Labute approximate surface area is 176 Å². The highest BCUT2D eigenvalue weighted by molar-refractivity contribution is 5.76. The topological polar surface area (TPSA) is 114 Å². The molecule has 1 fully saturated rings. The fourth-order valence-corrected chi connectivity index (χ4v) is 3.79. The number of carbonyl (C=O) groups is 1. The number of nitrogens with one attached hydrogen (secondary N) is 1. The highest BCUT2D eigenvalue weighted by atomic mass is 19.1. The van der Waals surface area contributed by atoms with E-state index in [0.29, 0.717) is 25.4 Å². The largest absolute Gasteiger partial charge is 0.342 e. The van der Waals surface area contributed by atoms with Crippen molar-refractivity contribution < 1.29 is 13.7 Å². The zero-order valence-corrected chi connectivity index (χ0v) is 16.8. The summed E-state index contributed by atoms with van der Waals surface area (Å²) in [4.78, 5) is 43.8. The number of nitrogens with zero attached hydrogens (tertiary/aromatic N) is 4. The van der Waals surface area contributed by atoms with E-state index >= 15 is 0 Å². The lowest BCUT2D eigenvalue weighted by Crippen LogP contribution is -2.41. The van der Waals surface area contributed by atoms with Gasteiger partial charge >= 0.3 is 5.69 Å². The molecule has 1 aliphatic rings. The van der Waals surface area contributed by atoms with Gasteiger partial charge in [0.1, 0.15) is 5.82 Å². The standard InChI is InChI=1S/C21H22FN5O4/c22-16-6-2-1-5-15(16)20-24-18(31-25-20)12-14-4-3-9-27(13-14)19(29)8-11-26-10-7-17(28)23-21(26)30/h1-2,5-7,10,14H,3-4,8-9,11-13H2,(H,23,28,30). The predicted octanol–water partition coefficient (Wildman–Crippen LogP) is 1.60. The quantitative estimate of drug-likeness (QED) is 0.639. The normalized spacial score (nSPS) is 16.4. The number of hydrogen-bond donors (Lipinski definition) is 1. The smallest absolute Gasteiger partial charge is 0.328 e. The van der Waals surface area contributed by atoms with Crippen molar-refractivity contribution in [2.75, 3.05) is 13.1 Å². The van der Waals surface area contributed by atoms with E-state index in [1.807, 2.05) is 0 Å². The van der Waals surface area contributed by atoms with Crippen LogP contribution in [0.3, 0.4) is 0 Å². The summed E-state index contributed by atoms with van der Waals surface area (Å²) in [6, 6.07) is 7.50. The number of aromatic nitrogens is 4. The minimum absolute atomic E-state index is 0.0552. The maximum atomic E-state index is 13.9. The van der Waals surface area contributed by atoms with E-state index in [4.69, 9.17) is 4.52 Å². The Morgan fingerprint density at radius 1 is 1.26 bits per heavy atom. The van der Waals surface area contributed by atoms with Crippen LogP contribution in [0.2, 0.25) is 0 Å². The number of benzene rings is 1. The summed E-state index contributed by atoms with van der Waals surface area (Å²) in [5.41, 5.74) is -0.708. The first-order valence-corrected chi connectivity index (χ1v) is 10.1. The average molecular weight is 427 g/mol. The molecule has 1 saturated heterocycles. The van der Waals surface area contributed by atoms with Gasteiger partial charge in [-0.15, -0.1) is 0 Å². The third-order valence-corrected chi connectivity index (χ3v) is 5.38. The Kier molecular flexibility index (Phi) is 6.06. The second kappa shape index (κ2) is 9.07. The van der Waals surface area contributed by atoms with Gasteiger partial charge in [0.25, 0.3) is 5.56 Å². The molecule has 0 aliphatic carbocycles. The molecule has 1 aliphatic heterocycles. The van der Waals surface area contributed by atoms with Crippen LogP contribution in [0.5, 0.6) is 0 Å². The van der Waals surface area contributed by atoms with E-state index in [9.17, 15) is 18.8 Å². The van der Waals surface area contributed by atoms with Crippen molar-refractivity contribution >= 4 is 5.91 Å². The maximum absolute atomic E-state index is 13.9. The molecule has 0 spiro atoms. The molecule has 0 bridgehead atoms. The summed E-state index contributed by atoms with van der Waals surface area (Å²) >= 11 is 0. The highest BCUT2D eigenvalue weighted by Crippen LogP contribution is 2.23. The number of hydrogen-bond acceptors (Lipinski definition) is 6. The van der Waals surface area contributed by atoms with E-state index in [2.05, 4.69) is 15.1 Å². The Balaban J connectivity index is 1.34. The van der Waals surface area contributed by atoms with Crippen molar-refractivity contribution in [2.45, 2.75) is 32.2 Å². The molecule has 3 heterocycles. The summed E-state index contributed by atoms with van der Waals surface area (Å²) in [7, 11) is 0. The number of rotatable bonds is 6. The molecule has 1 amide bonds. The van der Waals surface area contributed by atoms with Gasteiger partial charge in [-0.3, -0.25) is 14.6 Å². The van der Waals surface area contributed by atoms with Gasteiger partial charge in [-0.2, -0.15) is 4.98 Å². The third-order valence-electron chi connectivity index (χ3n) is 5.38. The summed E-state index contributed by atoms with van der Waals surface area (Å²) in [6.45, 7) is 1.40. The molecule has 9 nitrogen and oxygen atoms in total. The molecule has 1 unspecified atom stereocenters. The molecule has 31 heavy (non-hydrogen) atoms. The molecule has 162 valence electrons. The van der Waals surface area contributed by atoms with Crippen LogP contribution in [-0.4, -0.2) is 43.6 Å². The second-order valence-electron chi connectivity index (χ2n) is 7.60. The van der Waals surface area contributed by atoms with E-state index in [1.165, 1.54) is 22.9 Å². The second-order valence-corrected chi connectivity index (χ2v) is 7.60. The third kappa shape index (κ3) is 4.96. The molecular weight excluding hydrogens is 405 g/mol. The summed E-state index contributed by atoms with van der Waals surface area (Å²) in [5.74, 6) is 0.314. The van der Waals surface area contributed by atoms with Crippen LogP contribution >= 0.6 is 0 Å². The highest BCUT2D eigenvalue weighted by Gasteiger charge is 2.25. The molecule has 3 aromatic rings. The fraction of sp³-hybridized carbons (Fsp3) is 0.381. The van der Waals surface area contributed by atoms with Gasteiger partial charge in [0.15, 0.2) is 0 Å². The molecule has 1 aromatic carbocycles. The predicted molar refractivity (Wildman–Crippen MR) is 109 cm³/mol. The number of carbonyl (C=O) groups excluding carboxylic acids is 1. The first-order chi connectivity index (χ1) is 15.0. The SMILES string of the molecule is O=C(CCn1ccc(=O)[nH]c1=O)N1CCCC(Cc2nc(-c3ccccc3F)no2)C1. The van der Waals surface area contributed by atoms with Gasteiger partial charge in [0, 0.05) is 44.7 Å². The molecule has 0 radical (unpaired) electrons. The van der Waals surface area contributed by atoms with Crippen molar-refractivity contribution in [1.82, 2.24) is 24.6 Å². The van der Waals surface area contributed by atoms with Gasteiger partial charge in [-0.05, 0) is 30.9 Å². The lowest BCUT2D eigenvalue weighted by atomic mass is 9.94. The van der Waals surface area contributed by atoms with Gasteiger partial charge in [0.2, 0.25) is 17.6 Å². The van der Waals surface area contributed by atoms with Crippen molar-refractivity contribution in [3.8, 4) is 11.4 Å². The molecule has 10 heteroatoms.